The summed E-state index contributed by atoms with van der Waals surface area (Å²) in [6.45, 7) is 0.877. The first kappa shape index (κ1) is 16.2. The van der Waals surface area contributed by atoms with Gasteiger partial charge in [-0.2, -0.15) is 5.10 Å². The average Bonchev–Trinajstić information content (AvgIpc) is 3.10. The maximum atomic E-state index is 11.3. The number of benzene rings is 1. The third-order valence-electron chi connectivity index (χ3n) is 4.27. The molecule has 1 aliphatic heterocycles. The third-order valence-corrected chi connectivity index (χ3v) is 5.51. The molecule has 0 saturated carbocycles. The summed E-state index contributed by atoms with van der Waals surface area (Å²) in [4.78, 5) is 12.3. The predicted octanol–water partition coefficient (Wildman–Crippen LogP) is 4.70. The second kappa shape index (κ2) is 6.54. The number of thiophene rings is 1. The van der Waals surface area contributed by atoms with Crippen molar-refractivity contribution in [1.82, 2.24) is 9.78 Å². The number of fused-ring (bicyclic) bond motifs is 1. The lowest BCUT2D eigenvalue weighted by molar-refractivity contribution is 0.0697. The van der Waals surface area contributed by atoms with Gasteiger partial charge in [-0.1, -0.05) is 17.7 Å². The van der Waals surface area contributed by atoms with Gasteiger partial charge in [-0.15, -0.1) is 11.3 Å². The highest BCUT2D eigenvalue weighted by atomic mass is 35.5. The average molecular weight is 374 g/mol. The van der Waals surface area contributed by atoms with Crippen molar-refractivity contribution >= 4 is 34.7 Å². The molecule has 7 heteroatoms. The van der Waals surface area contributed by atoms with Crippen molar-refractivity contribution in [1.29, 1.82) is 0 Å². The van der Waals surface area contributed by atoms with Crippen molar-refractivity contribution in [3.63, 3.8) is 0 Å². The quantitative estimate of drug-likeness (QED) is 0.698. The smallest absolute Gasteiger partial charge is 0.335 e. The molecule has 1 aliphatic rings. The molecule has 25 heavy (non-hydrogen) atoms. The van der Waals surface area contributed by atoms with Gasteiger partial charge in [-0.25, -0.2) is 9.48 Å². The van der Waals surface area contributed by atoms with Gasteiger partial charge >= 0.3 is 5.97 Å². The van der Waals surface area contributed by atoms with Crippen LogP contribution in [0.3, 0.4) is 0 Å². The van der Waals surface area contributed by atoms with Gasteiger partial charge < -0.3 is 10.4 Å². The molecule has 3 heterocycles. The van der Waals surface area contributed by atoms with Gasteiger partial charge in [0.05, 0.1) is 20.5 Å². The van der Waals surface area contributed by atoms with E-state index in [9.17, 15) is 9.90 Å². The molecule has 0 bridgehead atoms. The minimum Gasteiger partial charge on any atom is -0.478 e. The first-order valence-corrected chi connectivity index (χ1v) is 9.28. The number of hydrogen-bond donors (Lipinski definition) is 2. The van der Waals surface area contributed by atoms with Gasteiger partial charge in [0, 0.05) is 12.1 Å². The van der Waals surface area contributed by atoms with Crippen LogP contribution in [0.4, 0.5) is 5.82 Å². The van der Waals surface area contributed by atoms with Gasteiger partial charge in [0.25, 0.3) is 0 Å². The minimum atomic E-state index is -0.946. The lowest BCUT2D eigenvalue weighted by Crippen LogP contribution is -2.08. The number of carboxylic acids is 1. The molecule has 0 aliphatic carbocycles. The highest BCUT2D eigenvalue weighted by molar-refractivity contribution is 7.19. The second-order valence-electron chi connectivity index (χ2n) is 5.93. The maximum Gasteiger partial charge on any atom is 0.335 e. The monoisotopic (exact) mass is 373 g/mol. The second-order valence-corrected chi connectivity index (χ2v) is 7.65. The normalized spacial score (nSPS) is 13.8. The summed E-state index contributed by atoms with van der Waals surface area (Å²) >= 11 is 7.61. The largest absolute Gasteiger partial charge is 0.478 e. The van der Waals surface area contributed by atoms with Crippen LogP contribution in [-0.4, -0.2) is 27.4 Å². The zero-order chi connectivity index (χ0) is 17.4. The first-order chi connectivity index (χ1) is 12.1. The van der Waals surface area contributed by atoms with Crippen molar-refractivity contribution in [2.24, 2.45) is 0 Å². The number of hydrogen-bond acceptors (Lipinski definition) is 4. The standard InChI is InChI=1S/C18H16ClN3O2S/c19-15-8-7-14(25-15)16-13-6-1-2-9-20-17(13)22(21-16)12-5-3-4-11(10-12)18(23)24/h3-5,7-8,10,20H,1-2,6,9H2,(H,23,24). The van der Waals surface area contributed by atoms with Crippen LogP contribution >= 0.6 is 22.9 Å². The van der Waals surface area contributed by atoms with Crippen LogP contribution in [0.25, 0.3) is 16.3 Å². The Morgan fingerprint density at radius 1 is 1.28 bits per heavy atom. The van der Waals surface area contributed by atoms with E-state index in [1.807, 2.05) is 22.9 Å². The molecule has 2 N–H and O–H groups in total. The molecule has 0 unspecified atom stereocenters. The summed E-state index contributed by atoms with van der Waals surface area (Å²) in [5, 5.41) is 17.5. The fraction of sp³-hybridized carbons (Fsp3) is 0.222. The fourth-order valence-electron chi connectivity index (χ4n) is 3.10. The lowest BCUT2D eigenvalue weighted by atomic mass is 10.1. The lowest BCUT2D eigenvalue weighted by Gasteiger charge is -2.09. The number of aromatic carboxylic acids is 1. The number of aromatic nitrogens is 2. The molecule has 5 nitrogen and oxygen atoms in total. The minimum absolute atomic E-state index is 0.246. The molecule has 0 spiro atoms. The number of anilines is 1. The van der Waals surface area contributed by atoms with Crippen molar-refractivity contribution < 1.29 is 9.90 Å². The Morgan fingerprint density at radius 3 is 2.92 bits per heavy atom. The molecule has 0 amide bonds. The number of carboxylic acid groups (broad SMARTS) is 1. The van der Waals surface area contributed by atoms with Gasteiger partial charge in [-0.05, 0) is 49.6 Å². The topological polar surface area (TPSA) is 67.1 Å². The first-order valence-electron chi connectivity index (χ1n) is 8.08. The molecule has 0 saturated heterocycles. The Morgan fingerprint density at radius 2 is 2.16 bits per heavy atom. The van der Waals surface area contributed by atoms with Crippen LogP contribution in [0.15, 0.2) is 36.4 Å². The highest BCUT2D eigenvalue weighted by Crippen LogP contribution is 2.38. The van der Waals surface area contributed by atoms with Crippen LogP contribution < -0.4 is 5.32 Å². The Bertz CT molecular complexity index is 948. The van der Waals surface area contributed by atoms with E-state index in [2.05, 4.69) is 5.32 Å². The Labute approximate surface area is 153 Å². The van der Waals surface area contributed by atoms with Gasteiger partial charge in [-0.3, -0.25) is 0 Å². The van der Waals surface area contributed by atoms with Crippen LogP contribution in [0.2, 0.25) is 4.34 Å². The van der Waals surface area contributed by atoms with E-state index in [0.717, 1.165) is 57.8 Å². The van der Waals surface area contributed by atoms with E-state index in [4.69, 9.17) is 16.7 Å². The van der Waals surface area contributed by atoms with E-state index in [1.54, 1.807) is 18.2 Å². The van der Waals surface area contributed by atoms with Crippen LogP contribution in [-0.2, 0) is 6.42 Å². The maximum absolute atomic E-state index is 11.3. The number of rotatable bonds is 3. The SMILES string of the molecule is O=C(O)c1cccc(-n2nc(-c3ccc(Cl)s3)c3c2NCCCC3)c1. The summed E-state index contributed by atoms with van der Waals surface area (Å²) in [6, 6.07) is 10.7. The van der Waals surface area contributed by atoms with Gasteiger partial charge in [0.15, 0.2) is 0 Å². The third kappa shape index (κ3) is 3.03. The summed E-state index contributed by atoms with van der Waals surface area (Å²) < 4.78 is 2.54. The summed E-state index contributed by atoms with van der Waals surface area (Å²) in [6.07, 6.45) is 3.12. The molecular formula is C18H16ClN3O2S. The Balaban J connectivity index is 1.89. The molecule has 1 aromatic carbocycles. The predicted molar refractivity (Wildman–Crippen MR) is 100 cm³/mol. The van der Waals surface area contributed by atoms with Gasteiger partial charge in [0.2, 0.25) is 0 Å². The van der Waals surface area contributed by atoms with Crippen molar-refractivity contribution in [3.05, 3.63) is 51.9 Å². The van der Waals surface area contributed by atoms with Crippen molar-refractivity contribution in [2.45, 2.75) is 19.3 Å². The molecule has 2 aromatic heterocycles. The molecular weight excluding hydrogens is 358 g/mol. The zero-order valence-corrected chi connectivity index (χ0v) is 14.9. The van der Waals surface area contributed by atoms with Crippen LogP contribution in [0.5, 0.6) is 0 Å². The molecule has 0 atom stereocenters. The highest BCUT2D eigenvalue weighted by Gasteiger charge is 2.22. The zero-order valence-electron chi connectivity index (χ0n) is 13.3. The summed E-state index contributed by atoms with van der Waals surface area (Å²) in [5.41, 5.74) is 3.06. The van der Waals surface area contributed by atoms with E-state index in [1.165, 1.54) is 11.3 Å². The number of halogens is 1. The Kier molecular flexibility index (Phi) is 4.23. The van der Waals surface area contributed by atoms with Crippen LogP contribution in [0, 0.1) is 0 Å². The Hall–Kier alpha value is -2.31. The molecule has 0 fully saturated rings. The van der Waals surface area contributed by atoms with E-state index >= 15 is 0 Å². The van der Waals surface area contributed by atoms with E-state index < -0.39 is 5.97 Å². The molecule has 4 rings (SSSR count). The molecule has 3 aromatic rings. The van der Waals surface area contributed by atoms with Crippen molar-refractivity contribution in [3.8, 4) is 16.3 Å². The summed E-state index contributed by atoms with van der Waals surface area (Å²) in [7, 11) is 0. The number of carbonyl (C=O) groups is 1. The van der Waals surface area contributed by atoms with E-state index in [-0.39, 0.29) is 5.56 Å². The van der Waals surface area contributed by atoms with Gasteiger partial charge in [0.1, 0.15) is 11.5 Å². The number of nitrogens with one attached hydrogen (secondary N) is 1. The van der Waals surface area contributed by atoms with Crippen molar-refractivity contribution in [2.75, 3.05) is 11.9 Å². The van der Waals surface area contributed by atoms with Crippen LogP contribution in [0.1, 0.15) is 28.8 Å². The number of nitrogens with zero attached hydrogens (tertiary/aromatic N) is 2. The molecule has 0 radical (unpaired) electrons. The fourth-order valence-corrected chi connectivity index (χ4v) is 4.15. The summed E-state index contributed by atoms with van der Waals surface area (Å²) in [5.74, 6) is -0.00196. The van der Waals surface area contributed by atoms with E-state index in [0.29, 0.717) is 0 Å². The molecule has 128 valence electrons.